The van der Waals surface area contributed by atoms with E-state index in [1.807, 2.05) is 61.5 Å². The Morgan fingerprint density at radius 2 is 1.78 bits per heavy atom. The third-order valence-corrected chi connectivity index (χ3v) is 4.01. The third kappa shape index (κ3) is 2.17. The van der Waals surface area contributed by atoms with Crippen LogP contribution in [0.1, 0.15) is 6.92 Å². The van der Waals surface area contributed by atoms with E-state index in [-0.39, 0.29) is 5.56 Å². The molecule has 4 aromatic rings. The average Bonchev–Trinajstić information content (AvgIpc) is 2.99. The molecule has 0 aliphatic heterocycles. The number of fused-ring (bicyclic) bond motifs is 2. The summed E-state index contributed by atoms with van der Waals surface area (Å²) in [5.74, 6) is 0. The van der Waals surface area contributed by atoms with Crippen LogP contribution < -0.4 is 11.0 Å². The molecule has 0 aliphatic rings. The number of aromatic nitrogens is 3. The van der Waals surface area contributed by atoms with Gasteiger partial charge < -0.3 is 4.57 Å². The summed E-state index contributed by atoms with van der Waals surface area (Å²) in [6.07, 6.45) is 1.69. The summed E-state index contributed by atoms with van der Waals surface area (Å²) in [5.41, 5.74) is 6.45. The minimum Gasteiger partial charge on any atom is -0.307 e. The smallest absolute Gasteiger partial charge is 0.276 e. The lowest BCUT2D eigenvalue weighted by Gasteiger charge is -2.13. The van der Waals surface area contributed by atoms with Gasteiger partial charge in [0, 0.05) is 11.9 Å². The Hall–Kier alpha value is -3.08. The van der Waals surface area contributed by atoms with E-state index in [4.69, 9.17) is 0 Å². The Labute approximate surface area is 132 Å². The van der Waals surface area contributed by atoms with Gasteiger partial charge in [0.1, 0.15) is 12.0 Å². The van der Waals surface area contributed by atoms with Crippen LogP contribution >= 0.6 is 0 Å². The lowest BCUT2D eigenvalue weighted by Crippen LogP contribution is -2.25. The molecule has 0 fully saturated rings. The highest BCUT2D eigenvalue weighted by Crippen LogP contribution is 2.17. The van der Waals surface area contributed by atoms with Crippen molar-refractivity contribution in [3.63, 3.8) is 0 Å². The van der Waals surface area contributed by atoms with E-state index >= 15 is 0 Å². The number of benzene rings is 2. The second kappa shape index (κ2) is 5.28. The molecular formula is C18H16N4O. The van der Waals surface area contributed by atoms with Gasteiger partial charge in [0.2, 0.25) is 0 Å². The van der Waals surface area contributed by atoms with Crippen molar-refractivity contribution in [1.29, 1.82) is 0 Å². The first kappa shape index (κ1) is 13.6. The van der Waals surface area contributed by atoms with Gasteiger partial charge in [-0.15, -0.1) is 0 Å². The summed E-state index contributed by atoms with van der Waals surface area (Å²) in [5, 5.41) is 1.03. The predicted molar refractivity (Wildman–Crippen MR) is 92.6 cm³/mol. The van der Waals surface area contributed by atoms with Crippen LogP contribution in [-0.4, -0.2) is 14.2 Å². The molecule has 1 N–H and O–H groups in total. The van der Waals surface area contributed by atoms with E-state index in [1.54, 1.807) is 15.6 Å². The average molecular weight is 304 g/mol. The lowest BCUT2D eigenvalue weighted by atomic mass is 10.2. The van der Waals surface area contributed by atoms with Crippen LogP contribution in [0.3, 0.4) is 0 Å². The van der Waals surface area contributed by atoms with Crippen LogP contribution in [0.5, 0.6) is 0 Å². The number of nitrogens with zero attached hydrogens (tertiary/aromatic N) is 3. The van der Waals surface area contributed by atoms with Crippen LogP contribution in [0.4, 0.5) is 5.69 Å². The number of rotatable bonds is 3. The molecule has 4 rings (SSSR count). The molecular weight excluding hydrogens is 288 g/mol. The number of pyridine rings is 1. The fourth-order valence-corrected chi connectivity index (χ4v) is 2.90. The Kier molecular flexibility index (Phi) is 3.12. The molecule has 0 aliphatic carbocycles. The number of aryl methyl sites for hydroxylation is 1. The fourth-order valence-electron chi connectivity index (χ4n) is 2.90. The lowest BCUT2D eigenvalue weighted by molar-refractivity contribution is 0.758. The standard InChI is InChI=1S/C18H16N4O/c1-2-21-16-9-5-3-7-13(16)11-15(18(21)23)20-22-12-19-14-8-4-6-10-17(14)22/h3-12,20H,2H2,1H3. The molecule has 0 amide bonds. The second-order valence-corrected chi connectivity index (χ2v) is 5.38. The fraction of sp³-hybridized carbons (Fsp3) is 0.111. The zero-order chi connectivity index (χ0) is 15.8. The maximum atomic E-state index is 12.7. The quantitative estimate of drug-likeness (QED) is 0.632. The third-order valence-electron chi connectivity index (χ3n) is 4.01. The van der Waals surface area contributed by atoms with E-state index in [9.17, 15) is 4.79 Å². The maximum Gasteiger partial charge on any atom is 0.276 e. The molecule has 114 valence electrons. The van der Waals surface area contributed by atoms with Crippen LogP contribution in [0.15, 0.2) is 65.7 Å². The number of hydrogen-bond donors (Lipinski definition) is 1. The molecule has 23 heavy (non-hydrogen) atoms. The van der Waals surface area contributed by atoms with Crippen LogP contribution in [0.2, 0.25) is 0 Å². The van der Waals surface area contributed by atoms with Gasteiger partial charge in [-0.2, -0.15) is 0 Å². The predicted octanol–water partition coefficient (Wildman–Crippen LogP) is 3.25. The van der Waals surface area contributed by atoms with Crippen molar-refractivity contribution in [3.05, 3.63) is 71.3 Å². The molecule has 2 aromatic heterocycles. The van der Waals surface area contributed by atoms with Crippen molar-refractivity contribution in [1.82, 2.24) is 14.2 Å². The first-order valence-electron chi connectivity index (χ1n) is 7.59. The monoisotopic (exact) mass is 304 g/mol. The number of nitrogens with one attached hydrogen (secondary N) is 1. The molecule has 2 aromatic carbocycles. The van der Waals surface area contributed by atoms with Gasteiger partial charge in [-0.3, -0.25) is 10.2 Å². The highest BCUT2D eigenvalue weighted by atomic mass is 16.1. The Morgan fingerprint density at radius 3 is 2.61 bits per heavy atom. The SMILES string of the molecule is CCn1c(=O)c(Nn2cnc3ccccc32)cc2ccccc21. The number of para-hydroxylation sites is 3. The first-order chi connectivity index (χ1) is 11.3. The van der Waals surface area contributed by atoms with Crippen molar-refractivity contribution in [2.24, 2.45) is 0 Å². The zero-order valence-electron chi connectivity index (χ0n) is 12.7. The molecule has 5 heteroatoms. The molecule has 0 saturated carbocycles. The van der Waals surface area contributed by atoms with E-state index in [0.29, 0.717) is 12.2 Å². The highest BCUT2D eigenvalue weighted by molar-refractivity contribution is 5.82. The van der Waals surface area contributed by atoms with Gasteiger partial charge in [0.05, 0.1) is 16.6 Å². The van der Waals surface area contributed by atoms with Gasteiger partial charge in [0.25, 0.3) is 5.56 Å². The zero-order valence-corrected chi connectivity index (χ0v) is 12.7. The summed E-state index contributed by atoms with van der Waals surface area (Å²) >= 11 is 0. The molecule has 0 radical (unpaired) electrons. The summed E-state index contributed by atoms with van der Waals surface area (Å²) < 4.78 is 3.55. The topological polar surface area (TPSA) is 51.9 Å². The van der Waals surface area contributed by atoms with Crippen LogP contribution in [-0.2, 0) is 6.54 Å². The first-order valence-corrected chi connectivity index (χ1v) is 7.59. The minimum absolute atomic E-state index is 0.0380. The van der Waals surface area contributed by atoms with Gasteiger partial charge >= 0.3 is 0 Å². The largest absolute Gasteiger partial charge is 0.307 e. The second-order valence-electron chi connectivity index (χ2n) is 5.38. The Balaban J connectivity index is 1.89. The van der Waals surface area contributed by atoms with Crippen LogP contribution in [0, 0.1) is 0 Å². The van der Waals surface area contributed by atoms with Crippen molar-refractivity contribution in [2.45, 2.75) is 13.5 Å². The van der Waals surface area contributed by atoms with Crippen molar-refractivity contribution in [2.75, 3.05) is 5.43 Å². The van der Waals surface area contributed by atoms with E-state index in [2.05, 4.69) is 10.4 Å². The molecule has 2 heterocycles. The summed E-state index contributed by atoms with van der Waals surface area (Å²) in [4.78, 5) is 17.1. The van der Waals surface area contributed by atoms with Crippen molar-refractivity contribution < 1.29 is 0 Å². The maximum absolute atomic E-state index is 12.7. The van der Waals surface area contributed by atoms with Crippen molar-refractivity contribution >= 4 is 27.6 Å². The van der Waals surface area contributed by atoms with E-state index in [0.717, 1.165) is 21.9 Å². The Bertz CT molecular complexity index is 1060. The number of anilines is 1. The van der Waals surface area contributed by atoms with Gasteiger partial charge in [-0.25, -0.2) is 9.66 Å². The van der Waals surface area contributed by atoms with E-state index < -0.39 is 0 Å². The molecule has 0 bridgehead atoms. The normalized spacial score (nSPS) is 11.2. The van der Waals surface area contributed by atoms with Gasteiger partial charge in [0.15, 0.2) is 0 Å². The van der Waals surface area contributed by atoms with Crippen molar-refractivity contribution in [3.8, 4) is 0 Å². The van der Waals surface area contributed by atoms with E-state index in [1.165, 1.54) is 0 Å². The molecule has 0 saturated heterocycles. The Morgan fingerprint density at radius 1 is 1.04 bits per heavy atom. The van der Waals surface area contributed by atoms with Crippen LogP contribution in [0.25, 0.3) is 21.9 Å². The molecule has 0 spiro atoms. The molecule has 0 unspecified atom stereocenters. The number of hydrogen-bond acceptors (Lipinski definition) is 3. The van der Waals surface area contributed by atoms with Gasteiger partial charge in [-0.1, -0.05) is 30.3 Å². The highest BCUT2D eigenvalue weighted by Gasteiger charge is 2.09. The van der Waals surface area contributed by atoms with Gasteiger partial charge in [-0.05, 0) is 31.2 Å². The number of imidazole rings is 1. The minimum atomic E-state index is -0.0380. The summed E-state index contributed by atoms with van der Waals surface area (Å²) in [6.45, 7) is 2.60. The molecule has 0 atom stereocenters. The molecule has 5 nitrogen and oxygen atoms in total. The summed E-state index contributed by atoms with van der Waals surface area (Å²) in [6, 6.07) is 17.6. The summed E-state index contributed by atoms with van der Waals surface area (Å²) in [7, 11) is 0.